The molecule has 0 unspecified atom stereocenters. The van der Waals surface area contributed by atoms with Gasteiger partial charge in [-0.2, -0.15) is 0 Å². The van der Waals surface area contributed by atoms with E-state index in [0.717, 1.165) is 21.7 Å². The predicted octanol–water partition coefficient (Wildman–Crippen LogP) is 5.50. The zero-order valence-corrected chi connectivity index (χ0v) is 22.3. The monoisotopic (exact) mass is 566 g/mol. The number of carbonyl (C=O) groups is 1. The molecule has 0 heterocycles. The van der Waals surface area contributed by atoms with Gasteiger partial charge in [-0.3, -0.25) is 0 Å². The Hall–Kier alpha value is -2.33. The van der Waals surface area contributed by atoms with Crippen LogP contribution in [0.3, 0.4) is 0 Å². The number of benzene rings is 2. The van der Waals surface area contributed by atoms with Crippen molar-refractivity contribution < 1.29 is 28.2 Å². The normalized spacial score (nSPS) is 18.9. The van der Waals surface area contributed by atoms with Crippen LogP contribution in [0.5, 0.6) is 0 Å². The molecule has 3 N–H and O–H groups in total. The first-order valence-electron chi connectivity index (χ1n) is 11.8. The van der Waals surface area contributed by atoms with Crippen LogP contribution in [0, 0.1) is 11.6 Å². The molecule has 1 amide bonds. The number of ether oxygens (including phenoxy) is 2. The lowest BCUT2D eigenvalue weighted by Crippen LogP contribution is -2.50. The Kier molecular flexibility index (Phi) is 9.63. The van der Waals surface area contributed by atoms with Crippen molar-refractivity contribution in [2.45, 2.75) is 63.5 Å². The molecule has 1 aliphatic carbocycles. The molecule has 0 radical (unpaired) electrons. The van der Waals surface area contributed by atoms with Crippen molar-refractivity contribution in [1.82, 2.24) is 10.6 Å². The van der Waals surface area contributed by atoms with Gasteiger partial charge in [-0.05, 0) is 74.6 Å². The molecule has 2 aromatic carbocycles. The number of halogens is 3. The average Bonchev–Trinajstić information content (AvgIpc) is 3.10. The van der Waals surface area contributed by atoms with Crippen molar-refractivity contribution in [3.63, 3.8) is 0 Å². The number of hydrogen-bond donors (Lipinski definition) is 3. The summed E-state index contributed by atoms with van der Waals surface area (Å²) in [6.45, 7) is 9.41. The van der Waals surface area contributed by atoms with Gasteiger partial charge in [-0.25, -0.2) is 13.6 Å². The number of carbonyl (C=O) groups excluding carboxylic acids is 1. The lowest BCUT2D eigenvalue weighted by atomic mass is 10.00. The maximum absolute atomic E-state index is 13.8. The van der Waals surface area contributed by atoms with Gasteiger partial charge in [0.2, 0.25) is 0 Å². The van der Waals surface area contributed by atoms with E-state index >= 15 is 0 Å². The molecule has 6 nitrogen and oxygen atoms in total. The molecule has 9 heteroatoms. The topological polar surface area (TPSA) is 79.8 Å². The van der Waals surface area contributed by atoms with Crippen molar-refractivity contribution in [2.75, 3.05) is 13.2 Å². The minimum absolute atomic E-state index is 0.00857. The van der Waals surface area contributed by atoms with Crippen LogP contribution < -0.4 is 10.6 Å². The number of nitrogens with one attached hydrogen (secondary N) is 2. The van der Waals surface area contributed by atoms with E-state index in [-0.39, 0.29) is 25.1 Å². The van der Waals surface area contributed by atoms with E-state index in [9.17, 15) is 18.7 Å². The number of hydrogen-bond acceptors (Lipinski definition) is 5. The fourth-order valence-corrected chi connectivity index (χ4v) is 4.65. The van der Waals surface area contributed by atoms with Gasteiger partial charge in [0.05, 0.1) is 24.9 Å². The molecular weight excluding hydrogens is 534 g/mol. The highest BCUT2D eigenvalue weighted by Crippen LogP contribution is 2.42. The van der Waals surface area contributed by atoms with Crippen LogP contribution in [0.1, 0.15) is 56.0 Å². The van der Waals surface area contributed by atoms with Crippen LogP contribution in [0.2, 0.25) is 0 Å². The number of aliphatic hydroxyl groups excluding tert-OH is 1. The molecule has 1 aliphatic rings. The summed E-state index contributed by atoms with van der Waals surface area (Å²) in [6, 6.07) is 8.16. The third kappa shape index (κ3) is 8.09. The lowest BCUT2D eigenvalue weighted by Gasteiger charge is -2.28. The van der Waals surface area contributed by atoms with Crippen LogP contribution in [0.4, 0.5) is 13.6 Å². The second kappa shape index (κ2) is 12.3. The van der Waals surface area contributed by atoms with Gasteiger partial charge in [0, 0.05) is 23.1 Å². The van der Waals surface area contributed by atoms with Crippen molar-refractivity contribution in [3.05, 3.63) is 81.9 Å². The smallest absolute Gasteiger partial charge is 0.407 e. The number of alkyl carbamates (subject to hydrolysis) is 1. The van der Waals surface area contributed by atoms with Gasteiger partial charge < -0.3 is 25.2 Å². The lowest BCUT2D eigenvalue weighted by molar-refractivity contribution is 0.0415. The first kappa shape index (κ1) is 28.2. The van der Waals surface area contributed by atoms with Crippen LogP contribution in [0.15, 0.2) is 53.5 Å². The number of fused-ring (bicyclic) bond motifs is 1. The summed E-state index contributed by atoms with van der Waals surface area (Å²) >= 11 is 3.51. The van der Waals surface area contributed by atoms with Gasteiger partial charge in [-0.1, -0.05) is 28.1 Å². The summed E-state index contributed by atoms with van der Waals surface area (Å²) < 4.78 is 39.7. The second-order valence-corrected chi connectivity index (χ2v) is 10.8. The van der Waals surface area contributed by atoms with Crippen molar-refractivity contribution in [1.29, 1.82) is 0 Å². The third-order valence-electron chi connectivity index (χ3n) is 5.75. The van der Waals surface area contributed by atoms with E-state index in [0.29, 0.717) is 18.6 Å². The van der Waals surface area contributed by atoms with Gasteiger partial charge in [0.15, 0.2) is 0 Å². The van der Waals surface area contributed by atoms with Gasteiger partial charge >= 0.3 is 6.09 Å². The maximum atomic E-state index is 13.8. The summed E-state index contributed by atoms with van der Waals surface area (Å²) in [5.41, 5.74) is 1.67. The van der Waals surface area contributed by atoms with E-state index < -0.39 is 35.5 Å². The Bertz CT molecular complexity index is 1060. The van der Waals surface area contributed by atoms with Gasteiger partial charge in [0.25, 0.3) is 0 Å². The standard InChI is InChI=1S/C27H33BrF2N2O4/c1-5-8-35-25-14-22(21-12-17(28)6-7-20(21)25)31-15-24(33)23(32-26(34)36-27(2,3)4)11-16-9-18(29)13-19(30)10-16/h5-7,9-10,12-13,22-25,31,33H,1,8,11,14-15H2,2-4H3,(H,32,34)/t22-,23-,24+,25+/m0/s1. The molecule has 0 spiro atoms. The minimum atomic E-state index is -1.08. The summed E-state index contributed by atoms with van der Waals surface area (Å²) in [5.74, 6) is -1.46. The Morgan fingerprint density at radius 1 is 1.22 bits per heavy atom. The number of amides is 1. The van der Waals surface area contributed by atoms with Crippen LogP contribution in [-0.2, 0) is 15.9 Å². The molecule has 0 saturated heterocycles. The molecule has 36 heavy (non-hydrogen) atoms. The summed E-state index contributed by atoms with van der Waals surface area (Å²) in [6.07, 6.45) is 0.446. The molecule has 0 bridgehead atoms. The highest BCUT2D eigenvalue weighted by molar-refractivity contribution is 9.10. The molecule has 0 aliphatic heterocycles. The molecule has 4 atom stereocenters. The molecule has 2 aromatic rings. The Morgan fingerprint density at radius 2 is 1.92 bits per heavy atom. The Morgan fingerprint density at radius 3 is 2.56 bits per heavy atom. The Balaban J connectivity index is 1.74. The maximum Gasteiger partial charge on any atom is 0.407 e. The van der Waals surface area contributed by atoms with Gasteiger partial charge in [-0.15, -0.1) is 6.58 Å². The zero-order chi connectivity index (χ0) is 26.5. The van der Waals surface area contributed by atoms with E-state index in [1.54, 1.807) is 26.8 Å². The fourth-order valence-electron chi connectivity index (χ4n) is 4.27. The highest BCUT2D eigenvalue weighted by atomic mass is 79.9. The minimum Gasteiger partial charge on any atom is -0.444 e. The predicted molar refractivity (Wildman–Crippen MR) is 138 cm³/mol. The Labute approximate surface area is 219 Å². The summed E-state index contributed by atoms with van der Waals surface area (Å²) in [7, 11) is 0. The van der Waals surface area contributed by atoms with Gasteiger partial charge in [0.1, 0.15) is 17.2 Å². The van der Waals surface area contributed by atoms with Crippen LogP contribution in [-0.4, -0.2) is 42.1 Å². The van der Waals surface area contributed by atoms with Crippen LogP contribution in [0.25, 0.3) is 0 Å². The van der Waals surface area contributed by atoms with Crippen molar-refractivity contribution in [2.24, 2.45) is 0 Å². The van der Waals surface area contributed by atoms with E-state index in [1.807, 2.05) is 18.2 Å². The second-order valence-electron chi connectivity index (χ2n) is 9.88. The number of rotatable bonds is 10. The molecule has 0 aromatic heterocycles. The van der Waals surface area contributed by atoms with E-state index in [4.69, 9.17) is 9.47 Å². The number of aliphatic hydroxyl groups is 1. The SMILES string of the molecule is C=CCO[C@@H]1C[C@H](NC[C@@H](O)[C@H](Cc2cc(F)cc(F)c2)NC(=O)OC(C)(C)C)c2cc(Br)ccc21. The molecule has 0 saturated carbocycles. The summed E-state index contributed by atoms with van der Waals surface area (Å²) in [5, 5.41) is 17.1. The highest BCUT2D eigenvalue weighted by Gasteiger charge is 2.33. The molecule has 0 fully saturated rings. The molecule has 196 valence electrons. The third-order valence-corrected chi connectivity index (χ3v) is 6.25. The van der Waals surface area contributed by atoms with E-state index in [1.165, 1.54) is 12.1 Å². The van der Waals surface area contributed by atoms with Crippen molar-refractivity contribution in [3.8, 4) is 0 Å². The average molecular weight is 567 g/mol. The first-order valence-corrected chi connectivity index (χ1v) is 12.6. The largest absolute Gasteiger partial charge is 0.444 e. The molecule has 3 rings (SSSR count). The fraction of sp³-hybridized carbons (Fsp3) is 0.444. The quantitative estimate of drug-likeness (QED) is 0.331. The zero-order valence-electron chi connectivity index (χ0n) is 20.7. The van der Waals surface area contributed by atoms with Crippen LogP contribution >= 0.6 is 15.9 Å². The molecular formula is C27H33BrF2N2O4. The van der Waals surface area contributed by atoms with Crippen molar-refractivity contribution >= 4 is 22.0 Å². The van der Waals surface area contributed by atoms with E-state index in [2.05, 4.69) is 33.1 Å². The first-order chi connectivity index (χ1) is 16.9. The summed E-state index contributed by atoms with van der Waals surface area (Å²) in [4.78, 5) is 12.5.